The van der Waals surface area contributed by atoms with Gasteiger partial charge in [-0.1, -0.05) is 5.04 Å². The summed E-state index contributed by atoms with van der Waals surface area (Å²) in [4.78, 5) is 9.40. The molecular formula is C8H16Cl2O3. The van der Waals surface area contributed by atoms with Gasteiger partial charge in [-0.15, -0.1) is 23.2 Å². The van der Waals surface area contributed by atoms with E-state index in [-0.39, 0.29) is 0 Å². The van der Waals surface area contributed by atoms with Crippen molar-refractivity contribution < 1.29 is 14.8 Å². The van der Waals surface area contributed by atoms with E-state index in [1.165, 1.54) is 0 Å². The van der Waals surface area contributed by atoms with Gasteiger partial charge >= 0.3 is 0 Å². The van der Waals surface area contributed by atoms with Gasteiger partial charge in [0, 0.05) is 11.8 Å². The fraction of sp³-hybridized carbons (Fsp3) is 1.00. The molecule has 0 N–H and O–H groups in total. The number of alkyl halides is 2. The summed E-state index contributed by atoms with van der Waals surface area (Å²) < 4.78 is 0. The van der Waals surface area contributed by atoms with Crippen molar-refractivity contribution in [3.63, 3.8) is 0 Å². The standard InChI is InChI=1S/C8H16Cl2O3/c9-5-1-3-7-11-13-12-8-4-2-6-10/h1-8H2. The highest BCUT2D eigenvalue weighted by Gasteiger charge is 1.91. The van der Waals surface area contributed by atoms with Crippen LogP contribution in [0.15, 0.2) is 0 Å². The third-order valence-corrected chi connectivity index (χ3v) is 1.85. The van der Waals surface area contributed by atoms with Crippen LogP contribution in [0.3, 0.4) is 0 Å². The maximum absolute atomic E-state index is 5.46. The highest BCUT2D eigenvalue weighted by Crippen LogP contribution is 1.95. The van der Waals surface area contributed by atoms with E-state index in [1.807, 2.05) is 0 Å². The van der Waals surface area contributed by atoms with Gasteiger partial charge in [0.15, 0.2) is 0 Å². The van der Waals surface area contributed by atoms with E-state index in [0.29, 0.717) is 25.0 Å². The number of rotatable bonds is 10. The topological polar surface area (TPSA) is 27.7 Å². The van der Waals surface area contributed by atoms with Crippen molar-refractivity contribution in [1.82, 2.24) is 0 Å². The van der Waals surface area contributed by atoms with Crippen LogP contribution < -0.4 is 0 Å². The molecule has 0 unspecified atom stereocenters. The Bertz CT molecular complexity index is 83.5. The van der Waals surface area contributed by atoms with E-state index in [2.05, 4.69) is 5.04 Å². The average Bonchev–Trinajstić information content (AvgIpc) is 2.16. The molecule has 0 aromatic rings. The van der Waals surface area contributed by atoms with Crippen molar-refractivity contribution in [2.45, 2.75) is 25.7 Å². The van der Waals surface area contributed by atoms with Crippen LogP contribution in [-0.4, -0.2) is 25.0 Å². The van der Waals surface area contributed by atoms with Crippen LogP contribution in [0.1, 0.15) is 25.7 Å². The predicted molar refractivity (Wildman–Crippen MR) is 52.9 cm³/mol. The van der Waals surface area contributed by atoms with Crippen LogP contribution in [0, 0.1) is 0 Å². The van der Waals surface area contributed by atoms with Crippen LogP contribution in [0.25, 0.3) is 0 Å². The lowest BCUT2D eigenvalue weighted by Crippen LogP contribution is -2.00. The smallest absolute Gasteiger partial charge is 0.0854 e. The molecule has 0 radical (unpaired) electrons. The molecule has 0 aliphatic rings. The van der Waals surface area contributed by atoms with Crippen LogP contribution in [0.4, 0.5) is 0 Å². The second-order valence-electron chi connectivity index (χ2n) is 2.50. The van der Waals surface area contributed by atoms with E-state index in [4.69, 9.17) is 33.0 Å². The summed E-state index contributed by atoms with van der Waals surface area (Å²) in [6, 6.07) is 0. The lowest BCUT2D eigenvalue weighted by atomic mass is 10.4. The molecule has 0 aliphatic heterocycles. The van der Waals surface area contributed by atoms with Gasteiger partial charge < -0.3 is 0 Å². The maximum atomic E-state index is 5.46. The normalized spacial score (nSPS) is 10.6. The Morgan fingerprint density at radius 1 is 0.692 bits per heavy atom. The van der Waals surface area contributed by atoms with Crippen molar-refractivity contribution >= 4 is 23.2 Å². The molecular weight excluding hydrogens is 215 g/mol. The van der Waals surface area contributed by atoms with Gasteiger partial charge in [-0.05, 0) is 25.7 Å². The molecule has 3 nitrogen and oxygen atoms in total. The first-order valence-corrected chi connectivity index (χ1v) is 5.51. The van der Waals surface area contributed by atoms with Crippen molar-refractivity contribution in [2.24, 2.45) is 0 Å². The summed E-state index contributed by atoms with van der Waals surface area (Å²) in [7, 11) is 0. The second-order valence-corrected chi connectivity index (χ2v) is 3.26. The molecule has 0 bridgehead atoms. The van der Waals surface area contributed by atoms with Gasteiger partial charge in [-0.25, -0.2) is 9.78 Å². The summed E-state index contributed by atoms with van der Waals surface area (Å²) in [6.07, 6.45) is 3.62. The molecule has 0 heterocycles. The quantitative estimate of drug-likeness (QED) is 0.250. The molecule has 0 saturated carbocycles. The molecule has 0 aromatic carbocycles. The minimum atomic E-state index is 0.516. The van der Waals surface area contributed by atoms with E-state index in [1.54, 1.807) is 0 Å². The minimum absolute atomic E-state index is 0.516. The van der Waals surface area contributed by atoms with Crippen LogP contribution in [0.5, 0.6) is 0 Å². The second kappa shape index (κ2) is 12.5. The number of hydrogen-bond acceptors (Lipinski definition) is 3. The molecule has 0 rings (SSSR count). The average molecular weight is 231 g/mol. The Balaban J connectivity index is 2.76. The van der Waals surface area contributed by atoms with Gasteiger partial charge in [-0.2, -0.15) is 0 Å². The largest absolute Gasteiger partial charge is 0.206 e. The Hall–Kier alpha value is 0.460. The summed E-state index contributed by atoms with van der Waals surface area (Å²) in [6.45, 7) is 1.03. The molecule has 0 atom stereocenters. The van der Waals surface area contributed by atoms with Crippen LogP contribution in [0.2, 0.25) is 0 Å². The zero-order valence-corrected chi connectivity index (χ0v) is 9.15. The highest BCUT2D eigenvalue weighted by molar-refractivity contribution is 6.18. The van der Waals surface area contributed by atoms with E-state index >= 15 is 0 Å². The lowest BCUT2D eigenvalue weighted by Gasteiger charge is -2.01. The molecule has 0 amide bonds. The summed E-state index contributed by atoms with van der Waals surface area (Å²) in [5, 5.41) is 4.44. The first kappa shape index (κ1) is 13.5. The molecule has 80 valence electrons. The first-order valence-electron chi connectivity index (χ1n) is 4.45. The lowest BCUT2D eigenvalue weighted by molar-refractivity contribution is -0.512. The Labute approximate surface area is 89.1 Å². The Kier molecular flexibility index (Phi) is 12.9. The molecule has 13 heavy (non-hydrogen) atoms. The number of hydrogen-bond donors (Lipinski definition) is 0. The summed E-state index contributed by atoms with van der Waals surface area (Å²) in [5.74, 6) is 1.31. The van der Waals surface area contributed by atoms with E-state index in [0.717, 1.165) is 25.7 Å². The Morgan fingerprint density at radius 3 is 1.54 bits per heavy atom. The third kappa shape index (κ3) is 12.5. The SMILES string of the molecule is ClCCCCOOOCCCCCl. The predicted octanol–water partition coefficient (Wildman–Crippen LogP) is 2.90. The highest BCUT2D eigenvalue weighted by atomic mass is 35.5. The van der Waals surface area contributed by atoms with Crippen molar-refractivity contribution in [1.29, 1.82) is 0 Å². The van der Waals surface area contributed by atoms with Crippen LogP contribution >= 0.6 is 23.2 Å². The zero-order valence-electron chi connectivity index (χ0n) is 7.64. The van der Waals surface area contributed by atoms with Crippen molar-refractivity contribution in [3.05, 3.63) is 0 Å². The van der Waals surface area contributed by atoms with Crippen molar-refractivity contribution in [3.8, 4) is 0 Å². The van der Waals surface area contributed by atoms with Gasteiger partial charge in [0.1, 0.15) is 0 Å². The molecule has 0 aromatic heterocycles. The van der Waals surface area contributed by atoms with Crippen LogP contribution in [-0.2, 0) is 14.8 Å². The third-order valence-electron chi connectivity index (χ3n) is 1.32. The van der Waals surface area contributed by atoms with Gasteiger partial charge in [0.05, 0.1) is 13.2 Å². The molecule has 5 heteroatoms. The summed E-state index contributed by atoms with van der Waals surface area (Å²) in [5.41, 5.74) is 0. The minimum Gasteiger partial charge on any atom is -0.206 e. The Morgan fingerprint density at radius 2 is 1.15 bits per heavy atom. The molecule has 0 saturated heterocycles. The van der Waals surface area contributed by atoms with Crippen molar-refractivity contribution in [2.75, 3.05) is 25.0 Å². The van der Waals surface area contributed by atoms with E-state index in [9.17, 15) is 0 Å². The monoisotopic (exact) mass is 230 g/mol. The number of unbranched alkanes of at least 4 members (excludes halogenated alkanes) is 2. The molecule has 0 aliphatic carbocycles. The van der Waals surface area contributed by atoms with Gasteiger partial charge in [0.2, 0.25) is 0 Å². The molecule has 0 spiro atoms. The van der Waals surface area contributed by atoms with Gasteiger partial charge in [-0.3, -0.25) is 0 Å². The first-order chi connectivity index (χ1) is 6.41. The summed E-state index contributed by atoms with van der Waals surface area (Å²) >= 11 is 10.9. The fourth-order valence-electron chi connectivity index (χ4n) is 0.613. The van der Waals surface area contributed by atoms with Gasteiger partial charge in [0.25, 0.3) is 0 Å². The van der Waals surface area contributed by atoms with E-state index < -0.39 is 0 Å². The number of halogens is 2. The molecule has 0 fully saturated rings. The fourth-order valence-corrected chi connectivity index (χ4v) is 0.991. The maximum Gasteiger partial charge on any atom is 0.0854 e. The zero-order chi connectivity index (χ0) is 9.78.